The molecule has 0 bridgehead atoms. The Hall–Kier alpha value is -2.79. The minimum absolute atomic E-state index is 0.142. The van der Waals surface area contributed by atoms with Gasteiger partial charge in [0, 0.05) is 7.11 Å². The molecule has 11 heteroatoms. The van der Waals surface area contributed by atoms with E-state index < -0.39 is 24.4 Å². The number of nitrogens with zero attached hydrogens (tertiary/aromatic N) is 2. The lowest BCUT2D eigenvalue weighted by Crippen LogP contribution is -2.34. The van der Waals surface area contributed by atoms with E-state index in [1.165, 1.54) is 24.8 Å². The molecule has 140 valence electrons. The molecule has 26 heavy (non-hydrogen) atoms. The summed E-state index contributed by atoms with van der Waals surface area (Å²) in [6.45, 7) is 1.55. The number of ether oxygens (including phenoxy) is 2. The van der Waals surface area contributed by atoms with Crippen molar-refractivity contribution in [1.29, 1.82) is 0 Å². The van der Waals surface area contributed by atoms with Crippen LogP contribution in [0.15, 0.2) is 6.33 Å². The van der Waals surface area contributed by atoms with E-state index in [4.69, 9.17) is 14.6 Å². The van der Waals surface area contributed by atoms with Crippen LogP contribution < -0.4 is 10.6 Å². The minimum Gasteiger partial charge on any atom is -0.480 e. The van der Waals surface area contributed by atoms with Gasteiger partial charge in [0.15, 0.2) is 0 Å². The number of aliphatic carboxylic acids is 1. The molecular weight excluding hydrogens is 364 g/mol. The molecule has 0 fully saturated rings. The number of thiophene rings is 1. The normalized spacial score (nSPS) is 10.5. The Morgan fingerprint density at radius 3 is 2.69 bits per heavy atom. The fraction of sp³-hybridized carbons (Fsp3) is 0.400. The smallest absolute Gasteiger partial charge is 0.348 e. The number of hydrogen-bond donors (Lipinski definition) is 3. The van der Waals surface area contributed by atoms with Crippen LogP contribution in [0.2, 0.25) is 0 Å². The van der Waals surface area contributed by atoms with Gasteiger partial charge in [0.05, 0.1) is 18.5 Å². The topological polar surface area (TPSA) is 140 Å². The molecule has 10 nitrogen and oxygen atoms in total. The van der Waals surface area contributed by atoms with Gasteiger partial charge in [-0.15, -0.1) is 11.3 Å². The van der Waals surface area contributed by atoms with E-state index >= 15 is 0 Å². The molecule has 2 aromatic rings. The molecule has 1 amide bonds. The molecule has 0 saturated heterocycles. The van der Waals surface area contributed by atoms with Gasteiger partial charge in [-0.05, 0) is 12.5 Å². The fourth-order valence-corrected chi connectivity index (χ4v) is 3.13. The second-order valence-corrected chi connectivity index (χ2v) is 6.11. The molecule has 0 unspecified atom stereocenters. The van der Waals surface area contributed by atoms with E-state index in [0.29, 0.717) is 33.1 Å². The highest BCUT2D eigenvalue weighted by atomic mass is 32.1. The number of amides is 1. The summed E-state index contributed by atoms with van der Waals surface area (Å²) in [5.74, 6) is -1.72. The zero-order valence-corrected chi connectivity index (χ0v) is 15.0. The molecule has 0 saturated carbocycles. The van der Waals surface area contributed by atoms with Crippen LogP contribution in [0, 0.1) is 6.92 Å². The van der Waals surface area contributed by atoms with Crippen LogP contribution in [-0.2, 0) is 19.1 Å². The Morgan fingerprint density at radius 2 is 2.00 bits per heavy atom. The monoisotopic (exact) mass is 382 g/mol. The highest BCUT2D eigenvalue weighted by Crippen LogP contribution is 2.33. The molecule has 0 spiro atoms. The number of hydrogen-bond acceptors (Lipinski definition) is 9. The van der Waals surface area contributed by atoms with E-state index in [-0.39, 0.29) is 13.2 Å². The van der Waals surface area contributed by atoms with Gasteiger partial charge in [-0.25, -0.2) is 14.8 Å². The Balaban J connectivity index is 2.14. The number of nitrogens with one attached hydrogen (secondary N) is 2. The maximum atomic E-state index is 12.2. The van der Waals surface area contributed by atoms with Crippen molar-refractivity contribution >= 4 is 45.2 Å². The van der Waals surface area contributed by atoms with Crippen molar-refractivity contribution in [2.45, 2.75) is 6.92 Å². The minimum atomic E-state index is -1.13. The molecule has 0 radical (unpaired) electrons. The number of aryl methyl sites for hydroxylation is 1. The van der Waals surface area contributed by atoms with Crippen molar-refractivity contribution in [3.63, 3.8) is 0 Å². The fourth-order valence-electron chi connectivity index (χ4n) is 2.08. The molecular formula is C15H18N4O6S. The van der Waals surface area contributed by atoms with Crippen LogP contribution in [0.3, 0.4) is 0 Å². The van der Waals surface area contributed by atoms with Crippen molar-refractivity contribution in [3.8, 4) is 0 Å². The quantitative estimate of drug-likeness (QED) is 0.415. The van der Waals surface area contributed by atoms with E-state index in [2.05, 4.69) is 20.6 Å². The lowest BCUT2D eigenvalue weighted by atomic mass is 10.2. The predicted octanol–water partition coefficient (Wildman–Crippen LogP) is 0.416. The number of fused-ring (bicyclic) bond motifs is 1. The van der Waals surface area contributed by atoms with Gasteiger partial charge in [-0.1, -0.05) is 0 Å². The van der Waals surface area contributed by atoms with Gasteiger partial charge in [-0.3, -0.25) is 9.59 Å². The lowest BCUT2D eigenvalue weighted by molar-refractivity contribution is -0.137. The van der Waals surface area contributed by atoms with Crippen molar-refractivity contribution in [3.05, 3.63) is 16.8 Å². The zero-order valence-electron chi connectivity index (χ0n) is 14.2. The van der Waals surface area contributed by atoms with E-state index in [0.717, 1.165) is 0 Å². The Morgan fingerprint density at radius 1 is 1.23 bits per heavy atom. The first-order valence-corrected chi connectivity index (χ1v) is 8.38. The molecule has 0 atom stereocenters. The summed E-state index contributed by atoms with van der Waals surface area (Å²) < 4.78 is 9.97. The van der Waals surface area contributed by atoms with Crippen LogP contribution in [0.4, 0.5) is 5.82 Å². The van der Waals surface area contributed by atoms with Gasteiger partial charge in [0.25, 0.3) is 0 Å². The van der Waals surface area contributed by atoms with Crippen LogP contribution >= 0.6 is 11.3 Å². The summed E-state index contributed by atoms with van der Waals surface area (Å²) in [5, 5.41) is 14.2. The van der Waals surface area contributed by atoms with E-state index in [9.17, 15) is 14.4 Å². The third kappa shape index (κ3) is 4.86. The number of carboxylic acid groups (broad SMARTS) is 1. The summed E-state index contributed by atoms with van der Waals surface area (Å²) in [6.07, 6.45) is 1.32. The summed E-state index contributed by atoms with van der Waals surface area (Å²) in [4.78, 5) is 43.5. The van der Waals surface area contributed by atoms with Crippen molar-refractivity contribution in [2.75, 3.05) is 38.7 Å². The second-order valence-electron chi connectivity index (χ2n) is 5.11. The standard InChI is InChI=1S/C15H18N4O6S/c1-8-11-13(17-5-9(20)16-6-10(21)22)18-7-19-14(11)26-12(8)15(23)25-4-3-24-2/h7H,3-6H2,1-2H3,(H,16,20)(H,21,22)(H,17,18,19). The summed E-state index contributed by atoms with van der Waals surface area (Å²) >= 11 is 1.17. The third-order valence-electron chi connectivity index (χ3n) is 3.29. The number of carbonyl (C=O) groups is 3. The average Bonchev–Trinajstić information content (AvgIpc) is 2.96. The Bertz CT molecular complexity index is 822. The van der Waals surface area contributed by atoms with Gasteiger partial charge < -0.3 is 25.2 Å². The predicted molar refractivity (Wildman–Crippen MR) is 93.4 cm³/mol. The van der Waals surface area contributed by atoms with Gasteiger partial charge in [-0.2, -0.15) is 0 Å². The first kappa shape index (κ1) is 19.5. The maximum absolute atomic E-state index is 12.2. The number of carbonyl (C=O) groups excluding carboxylic acids is 2. The molecule has 0 aliphatic rings. The third-order valence-corrected chi connectivity index (χ3v) is 4.47. The van der Waals surface area contributed by atoms with Gasteiger partial charge >= 0.3 is 11.9 Å². The summed E-state index contributed by atoms with van der Waals surface area (Å²) in [6, 6.07) is 0. The number of aromatic nitrogens is 2. The van der Waals surface area contributed by atoms with Crippen molar-refractivity contribution < 1.29 is 29.0 Å². The Labute approximate surface area is 152 Å². The van der Waals surface area contributed by atoms with Gasteiger partial charge in [0.2, 0.25) is 5.91 Å². The van der Waals surface area contributed by atoms with Crippen molar-refractivity contribution in [1.82, 2.24) is 15.3 Å². The SMILES string of the molecule is COCCOC(=O)c1sc2ncnc(NCC(=O)NCC(=O)O)c2c1C. The molecule has 3 N–H and O–H groups in total. The number of rotatable bonds is 9. The summed E-state index contributed by atoms with van der Waals surface area (Å²) in [5.41, 5.74) is 0.640. The molecule has 2 rings (SSSR count). The first-order valence-electron chi connectivity index (χ1n) is 7.56. The zero-order chi connectivity index (χ0) is 19.1. The van der Waals surface area contributed by atoms with E-state index in [1.807, 2.05) is 0 Å². The molecule has 0 aromatic carbocycles. The molecule has 2 heterocycles. The number of methoxy groups -OCH3 is 1. The summed E-state index contributed by atoms with van der Waals surface area (Å²) in [7, 11) is 1.51. The number of carboxylic acids is 1. The van der Waals surface area contributed by atoms with Crippen LogP contribution in [0.25, 0.3) is 10.2 Å². The number of esters is 1. The highest BCUT2D eigenvalue weighted by Gasteiger charge is 2.20. The Kier molecular flexibility index (Phi) is 6.81. The van der Waals surface area contributed by atoms with Crippen LogP contribution in [0.5, 0.6) is 0 Å². The molecule has 0 aliphatic heterocycles. The van der Waals surface area contributed by atoms with Crippen molar-refractivity contribution in [2.24, 2.45) is 0 Å². The highest BCUT2D eigenvalue weighted by molar-refractivity contribution is 7.20. The molecule has 0 aliphatic carbocycles. The molecule has 2 aromatic heterocycles. The van der Waals surface area contributed by atoms with Crippen LogP contribution in [0.1, 0.15) is 15.2 Å². The van der Waals surface area contributed by atoms with Gasteiger partial charge in [0.1, 0.15) is 35.0 Å². The van der Waals surface area contributed by atoms with Crippen LogP contribution in [-0.4, -0.2) is 66.3 Å². The first-order chi connectivity index (χ1) is 12.4. The average molecular weight is 382 g/mol. The maximum Gasteiger partial charge on any atom is 0.348 e. The number of anilines is 1. The largest absolute Gasteiger partial charge is 0.480 e. The lowest BCUT2D eigenvalue weighted by Gasteiger charge is -2.07. The van der Waals surface area contributed by atoms with E-state index in [1.54, 1.807) is 6.92 Å². The second kappa shape index (κ2) is 9.06.